The molecular formula is C20H15NO3S2. The van der Waals surface area contributed by atoms with E-state index in [1.54, 1.807) is 42.5 Å². The van der Waals surface area contributed by atoms with Crippen molar-refractivity contribution in [3.05, 3.63) is 88.8 Å². The minimum atomic E-state index is -1.13. The Hall–Kier alpha value is -2.70. The fraction of sp³-hybridized carbons (Fsp3) is 0.0500. The summed E-state index contributed by atoms with van der Waals surface area (Å²) < 4.78 is 0.241. The first-order valence-electron chi connectivity index (χ1n) is 7.84. The molecule has 3 rings (SSSR count). The van der Waals surface area contributed by atoms with Gasteiger partial charge in [-0.25, -0.2) is 4.79 Å². The molecule has 26 heavy (non-hydrogen) atoms. The number of nitrogens with zero attached hydrogens (tertiary/aromatic N) is 1. The molecule has 1 heterocycles. The molecule has 0 radical (unpaired) electrons. The van der Waals surface area contributed by atoms with Crippen molar-refractivity contribution in [1.82, 2.24) is 4.90 Å². The molecular weight excluding hydrogens is 366 g/mol. The summed E-state index contributed by atoms with van der Waals surface area (Å²) >= 11 is 6.39. The summed E-state index contributed by atoms with van der Waals surface area (Å²) in [6.07, 6.45) is 5.30. The lowest BCUT2D eigenvalue weighted by Gasteiger charge is -2.23. The molecule has 6 heteroatoms. The molecule has 130 valence electrons. The highest BCUT2D eigenvalue weighted by molar-refractivity contribution is 8.26. The van der Waals surface area contributed by atoms with Gasteiger partial charge in [-0.15, -0.1) is 0 Å². The van der Waals surface area contributed by atoms with Crippen LogP contribution in [-0.2, 0) is 9.59 Å². The lowest BCUT2D eigenvalue weighted by molar-refractivity contribution is -0.145. The van der Waals surface area contributed by atoms with Gasteiger partial charge in [0.05, 0.1) is 4.91 Å². The average Bonchev–Trinajstić information content (AvgIpc) is 2.91. The number of carboxylic acid groups (broad SMARTS) is 1. The molecule has 0 bridgehead atoms. The second-order valence-corrected chi connectivity index (χ2v) is 7.17. The molecule has 2 aromatic rings. The zero-order valence-corrected chi connectivity index (χ0v) is 15.2. The number of allylic oxidation sites excluding steroid dienone is 2. The van der Waals surface area contributed by atoms with Gasteiger partial charge in [-0.3, -0.25) is 9.69 Å². The molecule has 1 aliphatic heterocycles. The molecule has 0 spiro atoms. The minimum absolute atomic E-state index is 0.241. The first-order chi connectivity index (χ1) is 12.6. The van der Waals surface area contributed by atoms with E-state index < -0.39 is 17.9 Å². The zero-order chi connectivity index (χ0) is 18.5. The SMILES string of the molecule is O=C(O)[C@H](c1ccccc1)N1C(=O)/C(=C\C=C/c2ccccc2)SC1=S. The Kier molecular flexibility index (Phi) is 5.65. The van der Waals surface area contributed by atoms with Gasteiger partial charge in [0.25, 0.3) is 5.91 Å². The largest absolute Gasteiger partial charge is 0.479 e. The Labute approximate surface area is 160 Å². The van der Waals surface area contributed by atoms with Crippen LogP contribution in [-0.4, -0.2) is 26.2 Å². The molecule has 1 saturated heterocycles. The summed E-state index contributed by atoms with van der Waals surface area (Å²) in [6.45, 7) is 0. The maximum absolute atomic E-state index is 12.7. The van der Waals surface area contributed by atoms with Crippen LogP contribution in [0.2, 0.25) is 0 Å². The van der Waals surface area contributed by atoms with Gasteiger partial charge in [-0.05, 0) is 17.2 Å². The summed E-state index contributed by atoms with van der Waals surface area (Å²) in [6, 6.07) is 17.2. The number of carbonyl (C=O) groups excluding carboxylic acids is 1. The molecule has 0 saturated carbocycles. The van der Waals surface area contributed by atoms with Gasteiger partial charge in [0, 0.05) is 0 Å². The number of thiocarbonyl (C=S) groups is 1. The zero-order valence-electron chi connectivity index (χ0n) is 13.6. The lowest BCUT2D eigenvalue weighted by atomic mass is 10.1. The van der Waals surface area contributed by atoms with Crippen LogP contribution in [0, 0.1) is 0 Å². The molecule has 2 aromatic carbocycles. The van der Waals surface area contributed by atoms with E-state index in [4.69, 9.17) is 12.2 Å². The standard InChI is InChI=1S/C20H15NO3S2/c22-18-16(13-7-10-14-8-3-1-4-9-14)26-20(25)21(18)17(19(23)24)15-11-5-2-6-12-15/h1-13,17H,(H,23,24)/b10-7-,16-13+/t17-/m0/s1. The summed E-state index contributed by atoms with van der Waals surface area (Å²) in [5, 5.41) is 9.64. The highest BCUT2D eigenvalue weighted by Gasteiger charge is 2.41. The molecule has 0 aromatic heterocycles. The van der Waals surface area contributed by atoms with Crippen molar-refractivity contribution in [2.75, 3.05) is 0 Å². The number of rotatable bonds is 5. The maximum Gasteiger partial charge on any atom is 0.331 e. The van der Waals surface area contributed by atoms with Crippen molar-refractivity contribution in [3.63, 3.8) is 0 Å². The normalized spacial score (nSPS) is 17.2. The van der Waals surface area contributed by atoms with Crippen LogP contribution in [0.3, 0.4) is 0 Å². The molecule has 0 aliphatic carbocycles. The van der Waals surface area contributed by atoms with Gasteiger partial charge in [-0.2, -0.15) is 0 Å². The predicted molar refractivity (Wildman–Crippen MR) is 107 cm³/mol. The lowest BCUT2D eigenvalue weighted by Crippen LogP contribution is -2.37. The van der Waals surface area contributed by atoms with Crippen LogP contribution in [0.15, 0.2) is 77.7 Å². The predicted octanol–water partition coefficient (Wildman–Crippen LogP) is 4.27. The minimum Gasteiger partial charge on any atom is -0.479 e. The second kappa shape index (κ2) is 8.12. The van der Waals surface area contributed by atoms with Crippen LogP contribution in [0.5, 0.6) is 0 Å². The van der Waals surface area contributed by atoms with Gasteiger partial charge in [0.2, 0.25) is 0 Å². The second-order valence-electron chi connectivity index (χ2n) is 5.50. The smallest absolute Gasteiger partial charge is 0.331 e. The molecule has 1 fully saturated rings. The Morgan fingerprint density at radius 3 is 2.31 bits per heavy atom. The first-order valence-corrected chi connectivity index (χ1v) is 9.07. The topological polar surface area (TPSA) is 57.6 Å². The van der Waals surface area contributed by atoms with E-state index in [0.717, 1.165) is 17.3 Å². The number of amides is 1. The van der Waals surface area contributed by atoms with E-state index in [1.807, 2.05) is 36.4 Å². The van der Waals surface area contributed by atoms with E-state index in [0.29, 0.717) is 10.5 Å². The molecule has 1 N–H and O–H groups in total. The summed E-state index contributed by atoms with van der Waals surface area (Å²) in [4.78, 5) is 26.1. The first kappa shape index (κ1) is 18.1. The molecule has 1 amide bonds. The Morgan fingerprint density at radius 1 is 1.08 bits per heavy atom. The van der Waals surface area contributed by atoms with Crippen molar-refractivity contribution in [1.29, 1.82) is 0 Å². The van der Waals surface area contributed by atoms with Crippen LogP contribution in [0.4, 0.5) is 0 Å². The quantitative estimate of drug-likeness (QED) is 0.619. The number of thioether (sulfide) groups is 1. The number of carboxylic acids is 1. The van der Waals surface area contributed by atoms with Gasteiger partial charge >= 0.3 is 5.97 Å². The number of hydrogen-bond acceptors (Lipinski definition) is 4. The Bertz CT molecular complexity index is 892. The number of hydrogen-bond donors (Lipinski definition) is 1. The van der Waals surface area contributed by atoms with E-state index in [2.05, 4.69) is 0 Å². The number of benzene rings is 2. The van der Waals surface area contributed by atoms with Gasteiger partial charge in [0.15, 0.2) is 6.04 Å². The summed E-state index contributed by atoms with van der Waals surface area (Å²) in [7, 11) is 0. The Balaban J connectivity index is 1.85. The van der Waals surface area contributed by atoms with Gasteiger partial charge < -0.3 is 5.11 Å². The van der Waals surface area contributed by atoms with E-state index in [-0.39, 0.29) is 4.32 Å². The Morgan fingerprint density at radius 2 is 1.69 bits per heavy atom. The highest BCUT2D eigenvalue weighted by Crippen LogP contribution is 2.37. The van der Waals surface area contributed by atoms with Gasteiger partial charge in [-0.1, -0.05) is 96.8 Å². The fourth-order valence-corrected chi connectivity index (χ4v) is 3.83. The van der Waals surface area contributed by atoms with E-state index in [1.165, 1.54) is 4.90 Å². The molecule has 1 atom stereocenters. The molecule has 1 aliphatic rings. The third-order valence-corrected chi connectivity index (χ3v) is 5.12. The van der Waals surface area contributed by atoms with Crippen molar-refractivity contribution < 1.29 is 14.7 Å². The number of carbonyl (C=O) groups is 2. The molecule has 0 unspecified atom stereocenters. The third kappa shape index (κ3) is 3.92. The van der Waals surface area contributed by atoms with Crippen LogP contribution in [0.1, 0.15) is 17.2 Å². The summed E-state index contributed by atoms with van der Waals surface area (Å²) in [5.41, 5.74) is 1.52. The van der Waals surface area contributed by atoms with Crippen molar-refractivity contribution in [2.45, 2.75) is 6.04 Å². The van der Waals surface area contributed by atoms with Crippen molar-refractivity contribution >= 4 is 46.3 Å². The van der Waals surface area contributed by atoms with Crippen LogP contribution < -0.4 is 0 Å². The summed E-state index contributed by atoms with van der Waals surface area (Å²) in [5.74, 6) is -1.51. The maximum atomic E-state index is 12.7. The average molecular weight is 381 g/mol. The highest BCUT2D eigenvalue weighted by atomic mass is 32.2. The van der Waals surface area contributed by atoms with E-state index >= 15 is 0 Å². The van der Waals surface area contributed by atoms with E-state index in [9.17, 15) is 14.7 Å². The van der Waals surface area contributed by atoms with Crippen molar-refractivity contribution in [3.8, 4) is 0 Å². The number of aliphatic carboxylic acids is 1. The van der Waals surface area contributed by atoms with Gasteiger partial charge in [0.1, 0.15) is 4.32 Å². The van der Waals surface area contributed by atoms with Crippen LogP contribution in [0.25, 0.3) is 6.08 Å². The van der Waals surface area contributed by atoms with Crippen LogP contribution >= 0.6 is 24.0 Å². The third-order valence-electron chi connectivity index (χ3n) is 3.77. The monoisotopic (exact) mass is 381 g/mol. The fourth-order valence-electron chi connectivity index (χ4n) is 2.56. The van der Waals surface area contributed by atoms with Crippen molar-refractivity contribution in [2.24, 2.45) is 0 Å². The molecule has 4 nitrogen and oxygen atoms in total.